The van der Waals surface area contributed by atoms with Gasteiger partial charge in [0, 0.05) is 28.9 Å². The SMILES string of the molecule is NNC(=O)/C=C\C(=O)NN.[Co]. The number of nitrogens with two attached hydrogens (primary N) is 2. The van der Waals surface area contributed by atoms with E-state index in [1.54, 1.807) is 10.9 Å². The molecule has 6 N–H and O–H groups in total. The average molecular weight is 203 g/mol. The molecule has 0 aliphatic carbocycles. The van der Waals surface area contributed by atoms with Crippen LogP contribution < -0.4 is 22.5 Å². The Balaban J connectivity index is 0. The molecular formula is C4H8CoN4O2. The molecule has 65 valence electrons. The van der Waals surface area contributed by atoms with Gasteiger partial charge in [-0.05, 0) is 0 Å². The topological polar surface area (TPSA) is 110 Å². The summed E-state index contributed by atoms with van der Waals surface area (Å²) in [4.78, 5) is 20.6. The van der Waals surface area contributed by atoms with Crippen LogP contribution in [0.15, 0.2) is 12.2 Å². The molecular weight excluding hydrogens is 195 g/mol. The third kappa shape index (κ3) is 7.00. The van der Waals surface area contributed by atoms with Gasteiger partial charge in [-0.25, -0.2) is 11.7 Å². The largest absolute Gasteiger partial charge is 0.291 e. The second kappa shape index (κ2) is 7.22. The number of carbonyl (C=O) groups is 2. The minimum absolute atomic E-state index is 0. The van der Waals surface area contributed by atoms with E-state index in [1.165, 1.54) is 0 Å². The molecule has 0 aliphatic rings. The third-order valence-corrected chi connectivity index (χ3v) is 0.671. The molecule has 11 heavy (non-hydrogen) atoms. The van der Waals surface area contributed by atoms with E-state index in [2.05, 4.69) is 11.7 Å². The molecule has 1 radical (unpaired) electrons. The van der Waals surface area contributed by atoms with E-state index >= 15 is 0 Å². The summed E-state index contributed by atoms with van der Waals surface area (Å²) < 4.78 is 0. The standard InChI is InChI=1S/C4H8N4O2.Co/c5-7-3(9)1-2-4(10)8-6;/h1-2H,5-6H2,(H,7,9)(H,8,10);/b2-1-;. The van der Waals surface area contributed by atoms with Gasteiger partial charge in [0.25, 0.3) is 11.8 Å². The smallest absolute Gasteiger partial charge is 0.258 e. The van der Waals surface area contributed by atoms with E-state index in [-0.39, 0.29) is 16.8 Å². The quantitative estimate of drug-likeness (QED) is 0.172. The van der Waals surface area contributed by atoms with Crippen molar-refractivity contribution in [2.45, 2.75) is 0 Å². The molecule has 0 rings (SSSR count). The van der Waals surface area contributed by atoms with Crippen LogP contribution in [-0.4, -0.2) is 11.8 Å². The van der Waals surface area contributed by atoms with Gasteiger partial charge < -0.3 is 0 Å². The van der Waals surface area contributed by atoms with Crippen molar-refractivity contribution in [3.63, 3.8) is 0 Å². The molecule has 0 heterocycles. The van der Waals surface area contributed by atoms with E-state index in [1.807, 2.05) is 0 Å². The fourth-order valence-corrected chi connectivity index (χ4v) is 0.248. The summed E-state index contributed by atoms with van der Waals surface area (Å²) in [5.41, 5.74) is 3.60. The normalized spacial score (nSPS) is 8.55. The van der Waals surface area contributed by atoms with Crippen LogP contribution in [0.1, 0.15) is 0 Å². The van der Waals surface area contributed by atoms with Gasteiger partial charge in [0.1, 0.15) is 0 Å². The monoisotopic (exact) mass is 203 g/mol. The van der Waals surface area contributed by atoms with Crippen molar-refractivity contribution < 1.29 is 26.4 Å². The Morgan fingerprint density at radius 1 is 1.00 bits per heavy atom. The van der Waals surface area contributed by atoms with E-state index < -0.39 is 11.8 Å². The summed E-state index contributed by atoms with van der Waals surface area (Å²) in [6, 6.07) is 0. The number of amides is 2. The fraction of sp³-hybridized carbons (Fsp3) is 0. The maximum atomic E-state index is 10.3. The van der Waals surface area contributed by atoms with E-state index in [9.17, 15) is 9.59 Å². The Labute approximate surface area is 73.5 Å². The Morgan fingerprint density at radius 3 is 1.45 bits per heavy atom. The zero-order valence-corrected chi connectivity index (χ0v) is 6.50. The van der Waals surface area contributed by atoms with Gasteiger partial charge in [0.2, 0.25) is 0 Å². The Morgan fingerprint density at radius 2 is 1.27 bits per heavy atom. The minimum atomic E-state index is -0.566. The second-order valence-electron chi connectivity index (χ2n) is 1.35. The van der Waals surface area contributed by atoms with Crippen molar-refractivity contribution in [3.05, 3.63) is 12.2 Å². The molecule has 7 heteroatoms. The molecule has 0 unspecified atom stereocenters. The summed E-state index contributed by atoms with van der Waals surface area (Å²) in [5, 5.41) is 0. The van der Waals surface area contributed by atoms with E-state index in [4.69, 9.17) is 0 Å². The molecule has 0 saturated heterocycles. The molecule has 0 atom stereocenters. The predicted molar refractivity (Wildman–Crippen MR) is 33.8 cm³/mol. The predicted octanol–water partition coefficient (Wildman–Crippen LogP) is -2.48. The Hall–Kier alpha value is -0.894. The molecule has 0 saturated carbocycles. The maximum Gasteiger partial charge on any atom is 0.258 e. The average Bonchev–Trinajstić information content (AvgIpc) is 1.99. The molecule has 0 bridgehead atoms. The Bertz CT molecular complexity index is 151. The first kappa shape index (κ1) is 12.8. The van der Waals surface area contributed by atoms with Crippen LogP contribution in [0.4, 0.5) is 0 Å². The minimum Gasteiger partial charge on any atom is -0.291 e. The maximum absolute atomic E-state index is 10.3. The summed E-state index contributed by atoms with van der Waals surface area (Å²) in [5.74, 6) is 8.24. The van der Waals surface area contributed by atoms with Gasteiger partial charge in [-0.3, -0.25) is 20.4 Å². The second-order valence-corrected chi connectivity index (χ2v) is 1.35. The van der Waals surface area contributed by atoms with Crippen LogP contribution in [0.25, 0.3) is 0 Å². The number of hydrogen-bond donors (Lipinski definition) is 4. The van der Waals surface area contributed by atoms with Crippen LogP contribution in [0.3, 0.4) is 0 Å². The number of rotatable bonds is 2. The molecule has 2 amide bonds. The van der Waals surface area contributed by atoms with Crippen molar-refractivity contribution in [1.29, 1.82) is 0 Å². The van der Waals surface area contributed by atoms with Crippen molar-refractivity contribution in [2.24, 2.45) is 11.7 Å². The number of nitrogens with one attached hydrogen (secondary N) is 2. The van der Waals surface area contributed by atoms with Crippen molar-refractivity contribution >= 4 is 11.8 Å². The van der Waals surface area contributed by atoms with Crippen LogP contribution in [0.5, 0.6) is 0 Å². The first-order chi connectivity index (χ1) is 4.70. The van der Waals surface area contributed by atoms with Crippen molar-refractivity contribution in [3.8, 4) is 0 Å². The van der Waals surface area contributed by atoms with Gasteiger partial charge >= 0.3 is 0 Å². The van der Waals surface area contributed by atoms with E-state index in [0.717, 1.165) is 12.2 Å². The first-order valence-corrected chi connectivity index (χ1v) is 2.40. The first-order valence-electron chi connectivity index (χ1n) is 2.40. The van der Waals surface area contributed by atoms with Gasteiger partial charge in [-0.1, -0.05) is 0 Å². The van der Waals surface area contributed by atoms with Crippen molar-refractivity contribution in [1.82, 2.24) is 10.9 Å². The molecule has 0 aliphatic heterocycles. The summed E-state index contributed by atoms with van der Waals surface area (Å²) in [7, 11) is 0. The molecule has 6 nitrogen and oxygen atoms in total. The molecule has 0 aromatic rings. The third-order valence-electron chi connectivity index (χ3n) is 0.671. The summed E-state index contributed by atoms with van der Waals surface area (Å²) in [6.45, 7) is 0. The number of hydrogen-bond acceptors (Lipinski definition) is 4. The van der Waals surface area contributed by atoms with Crippen LogP contribution in [0, 0.1) is 0 Å². The number of carbonyl (C=O) groups excluding carboxylic acids is 2. The van der Waals surface area contributed by atoms with Crippen molar-refractivity contribution in [2.75, 3.05) is 0 Å². The molecule has 0 fully saturated rings. The van der Waals surface area contributed by atoms with E-state index in [0.29, 0.717) is 0 Å². The molecule has 0 spiro atoms. The fourth-order valence-electron chi connectivity index (χ4n) is 0.248. The Kier molecular flexibility index (Phi) is 8.37. The van der Waals surface area contributed by atoms with Crippen LogP contribution in [-0.2, 0) is 26.4 Å². The van der Waals surface area contributed by atoms with Gasteiger partial charge in [0.05, 0.1) is 0 Å². The summed E-state index contributed by atoms with van der Waals surface area (Å²) >= 11 is 0. The molecule has 0 aromatic carbocycles. The zero-order valence-electron chi connectivity index (χ0n) is 5.46. The van der Waals surface area contributed by atoms with Gasteiger partial charge in [0.15, 0.2) is 0 Å². The zero-order chi connectivity index (χ0) is 7.98. The molecule has 0 aromatic heterocycles. The number of hydrazine groups is 2. The van der Waals surface area contributed by atoms with Gasteiger partial charge in [-0.15, -0.1) is 0 Å². The van der Waals surface area contributed by atoms with Gasteiger partial charge in [-0.2, -0.15) is 0 Å². The van der Waals surface area contributed by atoms with Crippen LogP contribution in [0.2, 0.25) is 0 Å². The summed E-state index contributed by atoms with van der Waals surface area (Å²) in [6.07, 6.45) is 1.92. The van der Waals surface area contributed by atoms with Crippen LogP contribution >= 0.6 is 0 Å².